The first-order valence-electron chi connectivity index (χ1n) is 6.18. The molecule has 19 heavy (non-hydrogen) atoms. The predicted octanol–water partition coefficient (Wildman–Crippen LogP) is 1.85. The van der Waals surface area contributed by atoms with Crippen molar-refractivity contribution in [3.05, 3.63) is 28.0 Å². The van der Waals surface area contributed by atoms with Crippen LogP contribution in [0.5, 0.6) is 0 Å². The lowest BCUT2D eigenvalue weighted by molar-refractivity contribution is 0.0947. The van der Waals surface area contributed by atoms with Gasteiger partial charge in [-0.25, -0.2) is 4.39 Å². The van der Waals surface area contributed by atoms with Gasteiger partial charge in [-0.3, -0.25) is 4.79 Å². The number of likely N-dealkylation sites (tertiary alicyclic amines) is 1. The summed E-state index contributed by atoms with van der Waals surface area (Å²) in [7, 11) is 2.07. The molecule has 0 bridgehead atoms. The highest BCUT2D eigenvalue weighted by Gasteiger charge is 2.21. The number of nitrogen functional groups attached to an aromatic ring is 1. The molecule has 1 unspecified atom stereocenters. The number of halogens is 2. The van der Waals surface area contributed by atoms with E-state index in [1.54, 1.807) is 0 Å². The first-order valence-corrected chi connectivity index (χ1v) is 6.98. The van der Waals surface area contributed by atoms with E-state index >= 15 is 0 Å². The topological polar surface area (TPSA) is 58.4 Å². The smallest absolute Gasteiger partial charge is 0.252 e. The molecule has 2 rings (SSSR count). The Hall–Kier alpha value is -1.14. The van der Waals surface area contributed by atoms with Crippen molar-refractivity contribution >= 4 is 27.5 Å². The van der Waals surface area contributed by atoms with Gasteiger partial charge < -0.3 is 16.0 Å². The van der Waals surface area contributed by atoms with Gasteiger partial charge in [-0.1, -0.05) is 0 Å². The van der Waals surface area contributed by atoms with Crippen molar-refractivity contribution in [2.75, 3.05) is 32.4 Å². The second-order valence-corrected chi connectivity index (χ2v) is 5.83. The molecule has 6 heteroatoms. The number of nitrogens with two attached hydrogens (primary N) is 1. The van der Waals surface area contributed by atoms with Gasteiger partial charge in [0.1, 0.15) is 5.82 Å². The van der Waals surface area contributed by atoms with Crippen LogP contribution in [-0.2, 0) is 0 Å². The first-order chi connectivity index (χ1) is 8.97. The molecule has 1 amide bonds. The van der Waals surface area contributed by atoms with Gasteiger partial charge in [0, 0.05) is 17.6 Å². The lowest BCUT2D eigenvalue weighted by atomic mass is 10.1. The van der Waals surface area contributed by atoms with E-state index < -0.39 is 5.82 Å². The second kappa shape index (κ2) is 5.88. The van der Waals surface area contributed by atoms with Crippen molar-refractivity contribution in [1.82, 2.24) is 10.2 Å². The summed E-state index contributed by atoms with van der Waals surface area (Å²) in [6.45, 7) is 2.69. The highest BCUT2D eigenvalue weighted by molar-refractivity contribution is 9.10. The maximum absolute atomic E-state index is 13.2. The third kappa shape index (κ3) is 3.45. The maximum Gasteiger partial charge on any atom is 0.252 e. The number of carbonyl (C=O) groups excluding carboxylic acids is 1. The van der Waals surface area contributed by atoms with E-state index in [2.05, 4.69) is 33.2 Å². The Morgan fingerprint density at radius 3 is 3.00 bits per heavy atom. The van der Waals surface area contributed by atoms with Crippen molar-refractivity contribution in [2.24, 2.45) is 5.92 Å². The number of nitrogens with one attached hydrogen (secondary N) is 1. The number of carbonyl (C=O) groups is 1. The third-order valence-corrected chi connectivity index (χ3v) is 4.03. The van der Waals surface area contributed by atoms with Gasteiger partial charge in [-0.05, 0) is 54.0 Å². The number of anilines is 1. The number of benzene rings is 1. The third-order valence-electron chi connectivity index (χ3n) is 3.37. The molecular formula is C13H17BrFN3O. The van der Waals surface area contributed by atoms with E-state index in [9.17, 15) is 9.18 Å². The Kier molecular flexibility index (Phi) is 4.42. The van der Waals surface area contributed by atoms with Crippen molar-refractivity contribution in [3.63, 3.8) is 0 Å². The molecule has 0 aliphatic carbocycles. The molecule has 4 nitrogen and oxygen atoms in total. The van der Waals surface area contributed by atoms with Crippen LogP contribution in [0.1, 0.15) is 16.8 Å². The van der Waals surface area contributed by atoms with E-state index in [4.69, 9.17) is 5.73 Å². The maximum atomic E-state index is 13.2. The molecule has 1 heterocycles. The average molecular weight is 330 g/mol. The fourth-order valence-corrected chi connectivity index (χ4v) is 2.76. The molecule has 1 saturated heterocycles. The Labute approximate surface area is 120 Å². The molecule has 0 aromatic heterocycles. The minimum Gasteiger partial charge on any atom is -0.396 e. The predicted molar refractivity (Wildman–Crippen MR) is 76.4 cm³/mol. The molecule has 1 aromatic carbocycles. The van der Waals surface area contributed by atoms with E-state index in [1.807, 2.05) is 0 Å². The highest BCUT2D eigenvalue weighted by Crippen LogP contribution is 2.23. The van der Waals surface area contributed by atoms with Gasteiger partial charge in [0.2, 0.25) is 0 Å². The standard InChI is InChI=1S/C13H17BrFN3O/c1-18-3-2-8(7-18)6-17-13(19)9-4-12(16)11(15)5-10(9)14/h4-5,8H,2-3,6-7,16H2,1H3,(H,17,19). The SMILES string of the molecule is CN1CCC(CNC(=O)c2cc(N)c(F)cc2Br)C1. The lowest BCUT2D eigenvalue weighted by Crippen LogP contribution is -2.30. The van der Waals surface area contributed by atoms with Crippen molar-refractivity contribution < 1.29 is 9.18 Å². The largest absolute Gasteiger partial charge is 0.396 e. The Morgan fingerprint density at radius 2 is 2.37 bits per heavy atom. The molecule has 1 fully saturated rings. The summed E-state index contributed by atoms with van der Waals surface area (Å²) in [5, 5.41) is 2.88. The molecule has 1 atom stereocenters. The quantitative estimate of drug-likeness (QED) is 0.832. The normalized spacial score (nSPS) is 19.6. The summed E-state index contributed by atoms with van der Waals surface area (Å²) >= 11 is 3.18. The number of amides is 1. The van der Waals surface area contributed by atoms with Gasteiger partial charge >= 0.3 is 0 Å². The summed E-state index contributed by atoms with van der Waals surface area (Å²) in [6, 6.07) is 2.57. The van der Waals surface area contributed by atoms with E-state index in [0.29, 0.717) is 22.5 Å². The molecule has 1 aromatic rings. The first kappa shape index (κ1) is 14.3. The summed E-state index contributed by atoms with van der Waals surface area (Å²) in [5.74, 6) is -0.278. The molecule has 0 saturated carbocycles. The summed E-state index contributed by atoms with van der Waals surface area (Å²) in [5.41, 5.74) is 5.83. The summed E-state index contributed by atoms with van der Waals surface area (Å²) in [4.78, 5) is 14.3. The zero-order valence-corrected chi connectivity index (χ0v) is 12.3. The van der Waals surface area contributed by atoms with E-state index in [0.717, 1.165) is 19.5 Å². The molecule has 0 radical (unpaired) electrons. The van der Waals surface area contributed by atoms with Gasteiger partial charge in [0.25, 0.3) is 5.91 Å². The summed E-state index contributed by atoms with van der Waals surface area (Å²) < 4.78 is 13.6. The molecule has 0 spiro atoms. The zero-order chi connectivity index (χ0) is 14.0. The second-order valence-electron chi connectivity index (χ2n) is 4.98. The molecule has 1 aliphatic heterocycles. The van der Waals surface area contributed by atoms with E-state index in [1.165, 1.54) is 12.1 Å². The van der Waals surface area contributed by atoms with Crippen LogP contribution in [-0.4, -0.2) is 37.5 Å². The minimum atomic E-state index is -0.527. The fourth-order valence-electron chi connectivity index (χ4n) is 2.26. The van der Waals surface area contributed by atoms with Crippen molar-refractivity contribution in [3.8, 4) is 0 Å². The number of hydrogen-bond donors (Lipinski definition) is 2. The van der Waals surface area contributed by atoms with Crippen molar-refractivity contribution in [1.29, 1.82) is 0 Å². The van der Waals surface area contributed by atoms with Gasteiger partial charge in [-0.15, -0.1) is 0 Å². The van der Waals surface area contributed by atoms with Crippen LogP contribution in [0, 0.1) is 11.7 Å². The molecule has 1 aliphatic rings. The van der Waals surface area contributed by atoms with Crippen LogP contribution in [0.3, 0.4) is 0 Å². The molecule has 3 N–H and O–H groups in total. The number of rotatable bonds is 3. The molecular weight excluding hydrogens is 313 g/mol. The fraction of sp³-hybridized carbons (Fsp3) is 0.462. The van der Waals surface area contributed by atoms with Gasteiger partial charge in [0.15, 0.2) is 0 Å². The van der Waals surface area contributed by atoms with Crippen molar-refractivity contribution in [2.45, 2.75) is 6.42 Å². The number of hydrogen-bond acceptors (Lipinski definition) is 3. The van der Waals surface area contributed by atoms with Crippen LogP contribution >= 0.6 is 15.9 Å². The van der Waals surface area contributed by atoms with Gasteiger partial charge in [-0.2, -0.15) is 0 Å². The van der Waals surface area contributed by atoms with E-state index in [-0.39, 0.29) is 11.6 Å². The van der Waals surface area contributed by atoms with Crippen LogP contribution in [0.25, 0.3) is 0 Å². The van der Waals surface area contributed by atoms with Gasteiger partial charge in [0.05, 0.1) is 11.3 Å². The summed E-state index contributed by atoms with van der Waals surface area (Å²) in [6.07, 6.45) is 1.09. The monoisotopic (exact) mass is 329 g/mol. The van der Waals surface area contributed by atoms with Crippen LogP contribution in [0.15, 0.2) is 16.6 Å². The molecule has 104 valence electrons. The Morgan fingerprint density at radius 1 is 1.63 bits per heavy atom. The number of nitrogens with zero attached hydrogens (tertiary/aromatic N) is 1. The highest BCUT2D eigenvalue weighted by atomic mass is 79.9. The van der Waals surface area contributed by atoms with Crippen LogP contribution in [0.2, 0.25) is 0 Å². The van der Waals surface area contributed by atoms with Crippen LogP contribution in [0.4, 0.5) is 10.1 Å². The minimum absolute atomic E-state index is 0.0195. The average Bonchev–Trinajstić information content (AvgIpc) is 2.77. The van der Waals surface area contributed by atoms with Crippen LogP contribution < -0.4 is 11.1 Å². The Bertz CT molecular complexity index is 495. The zero-order valence-electron chi connectivity index (χ0n) is 10.7. The lowest BCUT2D eigenvalue weighted by Gasteiger charge is -2.12. The Balaban J connectivity index is 1.98.